The number of amides is 1. The van der Waals surface area contributed by atoms with Crippen molar-refractivity contribution in [1.82, 2.24) is 19.7 Å². The van der Waals surface area contributed by atoms with E-state index in [2.05, 4.69) is 15.3 Å². The number of fused-ring (bicyclic) bond motifs is 2. The van der Waals surface area contributed by atoms with E-state index in [1.807, 2.05) is 12.1 Å². The van der Waals surface area contributed by atoms with Gasteiger partial charge in [-0.25, -0.2) is 4.57 Å². The standard InChI is InChI=1S/C21H20N6O3/c1-30-10-8-24-20(28)15-11-16-19(25-17-6-2-3-9-26(17)21(16)29)27(18(15)22)13-14-5-4-7-23-12-14/h2-7,9,11-12,22H,8,10,13H2,1H3,(H,24,28)/p+1. The Balaban J connectivity index is 1.95. The third kappa shape index (κ3) is 3.58. The summed E-state index contributed by atoms with van der Waals surface area (Å²) >= 11 is 0. The van der Waals surface area contributed by atoms with E-state index in [1.165, 1.54) is 10.5 Å². The summed E-state index contributed by atoms with van der Waals surface area (Å²) in [5.74, 6) is -0.169. The monoisotopic (exact) mass is 405 g/mol. The number of nitrogens with one attached hydrogen (secondary N) is 1. The van der Waals surface area contributed by atoms with E-state index in [0.29, 0.717) is 36.4 Å². The van der Waals surface area contributed by atoms with E-state index >= 15 is 0 Å². The Kier molecular flexibility index (Phi) is 5.36. The number of aromatic nitrogens is 4. The van der Waals surface area contributed by atoms with Gasteiger partial charge in [0.1, 0.15) is 10.9 Å². The smallest absolute Gasteiger partial charge is 0.278 e. The van der Waals surface area contributed by atoms with Crippen LogP contribution >= 0.6 is 0 Å². The second-order valence-electron chi connectivity index (χ2n) is 6.72. The lowest BCUT2D eigenvalue weighted by atomic mass is 10.1. The minimum Gasteiger partial charge on any atom is -0.383 e. The predicted octanol–water partition coefficient (Wildman–Crippen LogP) is 0.537. The average Bonchev–Trinajstić information content (AvgIpc) is 2.77. The number of pyridine rings is 3. The van der Waals surface area contributed by atoms with Crippen LogP contribution in [0.5, 0.6) is 0 Å². The molecule has 0 bridgehead atoms. The summed E-state index contributed by atoms with van der Waals surface area (Å²) in [5, 5.41) is 3.05. The first-order chi connectivity index (χ1) is 14.6. The lowest BCUT2D eigenvalue weighted by Gasteiger charge is -2.12. The van der Waals surface area contributed by atoms with Crippen molar-refractivity contribution in [3.05, 3.63) is 76.5 Å². The Morgan fingerprint density at radius 1 is 1.30 bits per heavy atom. The maximum atomic E-state index is 13.1. The minimum absolute atomic E-state index is 0.206. The van der Waals surface area contributed by atoms with Gasteiger partial charge in [0.15, 0.2) is 0 Å². The highest BCUT2D eigenvalue weighted by atomic mass is 16.5. The second kappa shape index (κ2) is 8.26. The molecule has 0 aliphatic carbocycles. The van der Waals surface area contributed by atoms with Gasteiger partial charge < -0.3 is 15.8 Å². The van der Waals surface area contributed by atoms with E-state index in [0.717, 1.165) is 5.56 Å². The quantitative estimate of drug-likeness (QED) is 0.275. The van der Waals surface area contributed by atoms with Gasteiger partial charge >= 0.3 is 0 Å². The van der Waals surface area contributed by atoms with Gasteiger partial charge in [-0.05, 0) is 24.3 Å². The van der Waals surface area contributed by atoms with Crippen molar-refractivity contribution in [2.24, 2.45) is 0 Å². The predicted molar refractivity (Wildman–Crippen MR) is 111 cm³/mol. The highest BCUT2D eigenvalue weighted by Crippen LogP contribution is 2.15. The first-order valence-electron chi connectivity index (χ1n) is 9.39. The molecule has 0 atom stereocenters. The van der Waals surface area contributed by atoms with Crippen LogP contribution in [0.2, 0.25) is 0 Å². The normalized spacial score (nSPS) is 11.1. The summed E-state index contributed by atoms with van der Waals surface area (Å²) in [6.07, 6.45) is 5.02. The number of methoxy groups -OCH3 is 1. The molecule has 0 saturated carbocycles. The Morgan fingerprint density at radius 2 is 2.17 bits per heavy atom. The van der Waals surface area contributed by atoms with Gasteiger partial charge in [-0.3, -0.25) is 19.0 Å². The molecule has 0 unspecified atom stereocenters. The molecule has 4 aromatic rings. The molecule has 4 heterocycles. The Morgan fingerprint density at radius 3 is 2.93 bits per heavy atom. The van der Waals surface area contributed by atoms with Crippen LogP contribution in [0.4, 0.5) is 5.82 Å². The number of nitrogen functional groups attached to an aromatic ring is 1. The molecular weight excluding hydrogens is 384 g/mol. The van der Waals surface area contributed by atoms with Crippen LogP contribution < -0.4 is 21.2 Å². The van der Waals surface area contributed by atoms with Gasteiger partial charge in [-0.1, -0.05) is 17.1 Å². The molecule has 0 aliphatic rings. The number of hydrogen-bond acceptors (Lipinski definition) is 6. The van der Waals surface area contributed by atoms with Gasteiger partial charge in [0.05, 0.1) is 13.2 Å². The molecule has 152 valence electrons. The highest BCUT2D eigenvalue weighted by molar-refractivity contribution is 6.00. The van der Waals surface area contributed by atoms with E-state index in [1.54, 1.807) is 48.5 Å². The minimum atomic E-state index is -0.385. The van der Waals surface area contributed by atoms with E-state index in [9.17, 15) is 9.59 Å². The molecular formula is C21H21N6O3+. The summed E-state index contributed by atoms with van der Waals surface area (Å²) in [6.45, 7) is 0.999. The molecule has 4 aromatic heterocycles. The number of ether oxygens (including phenoxy) is 1. The molecule has 30 heavy (non-hydrogen) atoms. The number of carbonyl (C=O) groups excluding carboxylic acids is 1. The van der Waals surface area contributed by atoms with Crippen LogP contribution in [0, 0.1) is 0 Å². The molecule has 9 heteroatoms. The largest absolute Gasteiger partial charge is 0.383 e. The van der Waals surface area contributed by atoms with Crippen LogP contribution in [0.1, 0.15) is 15.9 Å². The summed E-state index contributed by atoms with van der Waals surface area (Å²) in [5.41, 5.74) is 8.09. The van der Waals surface area contributed by atoms with Crippen LogP contribution in [-0.4, -0.2) is 40.5 Å². The summed E-state index contributed by atoms with van der Waals surface area (Å²) < 4.78 is 8.09. The molecule has 0 saturated heterocycles. The summed E-state index contributed by atoms with van der Waals surface area (Å²) in [6, 6.07) is 10.5. The third-order valence-electron chi connectivity index (χ3n) is 4.76. The van der Waals surface area contributed by atoms with E-state index in [4.69, 9.17) is 10.5 Å². The van der Waals surface area contributed by atoms with Crippen molar-refractivity contribution in [3.8, 4) is 0 Å². The Bertz CT molecular complexity index is 1290. The third-order valence-corrected chi connectivity index (χ3v) is 4.76. The summed E-state index contributed by atoms with van der Waals surface area (Å²) in [7, 11) is 1.55. The van der Waals surface area contributed by atoms with E-state index < -0.39 is 0 Å². The average molecular weight is 405 g/mol. The number of carbonyl (C=O) groups is 1. The topological polar surface area (TPSA) is 115 Å². The molecule has 0 fully saturated rings. The van der Waals surface area contributed by atoms with Gasteiger partial charge in [0.2, 0.25) is 11.5 Å². The van der Waals surface area contributed by atoms with Crippen LogP contribution in [-0.2, 0) is 11.3 Å². The lowest BCUT2D eigenvalue weighted by molar-refractivity contribution is -0.649. The number of nitrogens with two attached hydrogens (primary N) is 1. The molecule has 4 rings (SSSR count). The number of nitrogens with zero attached hydrogens (tertiary/aromatic N) is 4. The molecule has 3 N–H and O–H groups in total. The van der Waals surface area contributed by atoms with Crippen LogP contribution in [0.15, 0.2) is 59.8 Å². The first kappa shape index (κ1) is 19.5. The van der Waals surface area contributed by atoms with E-state index in [-0.39, 0.29) is 22.8 Å². The fourth-order valence-corrected chi connectivity index (χ4v) is 3.28. The van der Waals surface area contributed by atoms with Crippen molar-refractivity contribution in [2.45, 2.75) is 6.54 Å². The fraction of sp³-hybridized carbons (Fsp3) is 0.190. The second-order valence-corrected chi connectivity index (χ2v) is 6.72. The molecule has 0 spiro atoms. The van der Waals surface area contributed by atoms with Crippen LogP contribution in [0.25, 0.3) is 16.7 Å². The number of rotatable bonds is 6. The Hall–Kier alpha value is -3.85. The van der Waals surface area contributed by atoms with Crippen LogP contribution in [0.3, 0.4) is 0 Å². The lowest BCUT2D eigenvalue weighted by Crippen LogP contribution is -2.43. The van der Waals surface area contributed by atoms with Gasteiger partial charge in [0.25, 0.3) is 17.1 Å². The fourth-order valence-electron chi connectivity index (χ4n) is 3.28. The van der Waals surface area contributed by atoms with Gasteiger partial charge in [-0.2, -0.15) is 0 Å². The zero-order valence-electron chi connectivity index (χ0n) is 16.4. The molecule has 9 nitrogen and oxygen atoms in total. The van der Waals surface area contributed by atoms with Crippen molar-refractivity contribution in [1.29, 1.82) is 0 Å². The molecule has 0 radical (unpaired) electrons. The zero-order chi connectivity index (χ0) is 21.1. The van der Waals surface area contributed by atoms with Crippen molar-refractivity contribution < 1.29 is 14.1 Å². The van der Waals surface area contributed by atoms with Gasteiger partial charge in [-0.15, -0.1) is 0 Å². The first-order valence-corrected chi connectivity index (χ1v) is 9.39. The highest BCUT2D eigenvalue weighted by Gasteiger charge is 2.24. The van der Waals surface area contributed by atoms with Crippen molar-refractivity contribution >= 4 is 28.4 Å². The number of anilines is 1. The summed E-state index contributed by atoms with van der Waals surface area (Å²) in [4.78, 5) is 34.7. The molecule has 1 amide bonds. The number of hydrogen-bond donors (Lipinski definition) is 2. The maximum absolute atomic E-state index is 13.1. The SMILES string of the molecule is COCCNC(=O)c1cc2c(=O)n3ccccc3nc2[n+](Cc2cccnc2)c1N. The zero-order valence-corrected chi connectivity index (χ0v) is 16.4. The maximum Gasteiger partial charge on any atom is 0.278 e. The van der Waals surface area contributed by atoms with Crippen molar-refractivity contribution in [3.63, 3.8) is 0 Å². The van der Waals surface area contributed by atoms with Gasteiger partial charge in [0, 0.05) is 37.8 Å². The molecule has 0 aromatic carbocycles. The Labute approximate surface area is 171 Å². The van der Waals surface area contributed by atoms with Crippen molar-refractivity contribution in [2.75, 3.05) is 26.0 Å². The molecule has 0 aliphatic heterocycles.